The van der Waals surface area contributed by atoms with Gasteiger partial charge in [-0.2, -0.15) is 5.26 Å². The number of nitriles is 1. The third-order valence-corrected chi connectivity index (χ3v) is 3.09. The van der Waals surface area contributed by atoms with E-state index in [0.717, 1.165) is 25.9 Å². The topological polar surface area (TPSA) is 61.2 Å². The summed E-state index contributed by atoms with van der Waals surface area (Å²) in [5.41, 5.74) is 1.08. The molecule has 92 valence electrons. The first kappa shape index (κ1) is 12.3. The summed E-state index contributed by atoms with van der Waals surface area (Å²) in [6.45, 7) is 1.63. The summed E-state index contributed by atoms with van der Waals surface area (Å²) in [6, 6.07) is 8.37. The van der Waals surface area contributed by atoms with Crippen LogP contribution in [-0.4, -0.2) is 29.7 Å². The molecule has 0 unspecified atom stereocenters. The second kappa shape index (κ2) is 5.46. The van der Waals surface area contributed by atoms with E-state index in [4.69, 9.17) is 5.26 Å². The maximum Gasteiger partial charge on any atom is 0.253 e. The number of carbonyl (C=O) groups is 2. The number of nitrogens with zero attached hydrogens (tertiary/aromatic N) is 2. The van der Waals surface area contributed by atoms with Crippen LogP contribution in [0.4, 0.5) is 0 Å². The highest BCUT2D eigenvalue weighted by Crippen LogP contribution is 2.14. The Balaban J connectivity index is 2.10. The van der Waals surface area contributed by atoms with E-state index in [0.29, 0.717) is 11.1 Å². The fourth-order valence-electron chi connectivity index (χ4n) is 2.08. The van der Waals surface area contributed by atoms with Crippen LogP contribution in [-0.2, 0) is 0 Å². The van der Waals surface area contributed by atoms with Crippen molar-refractivity contribution in [2.75, 3.05) is 13.1 Å². The maximum absolute atomic E-state index is 12.0. The Morgan fingerprint density at radius 2 is 1.67 bits per heavy atom. The summed E-state index contributed by atoms with van der Waals surface area (Å²) in [7, 11) is 0. The van der Waals surface area contributed by atoms with Crippen LogP contribution in [0, 0.1) is 11.3 Å². The number of ketones is 1. The summed E-state index contributed by atoms with van der Waals surface area (Å²) < 4.78 is 0. The van der Waals surface area contributed by atoms with Crippen molar-refractivity contribution in [2.45, 2.75) is 19.3 Å². The van der Waals surface area contributed by atoms with E-state index < -0.39 is 0 Å². The zero-order valence-electron chi connectivity index (χ0n) is 10.1. The Morgan fingerprint density at radius 1 is 1.11 bits per heavy atom. The molecular weight excluding hydrogens is 228 g/mol. The van der Waals surface area contributed by atoms with Crippen molar-refractivity contribution in [3.05, 3.63) is 35.4 Å². The first-order valence-corrected chi connectivity index (χ1v) is 6.02. The summed E-state index contributed by atoms with van der Waals surface area (Å²) >= 11 is 0. The summed E-state index contributed by atoms with van der Waals surface area (Å²) in [4.78, 5) is 25.3. The lowest BCUT2D eigenvalue weighted by atomic mass is 10.1. The Morgan fingerprint density at radius 3 is 2.22 bits per heavy atom. The second-order valence-electron chi connectivity index (χ2n) is 4.33. The minimum Gasteiger partial charge on any atom is -0.339 e. The zero-order valence-corrected chi connectivity index (χ0v) is 10.1. The van der Waals surface area contributed by atoms with E-state index in [1.54, 1.807) is 24.3 Å². The third kappa shape index (κ3) is 2.57. The fourth-order valence-corrected chi connectivity index (χ4v) is 2.08. The predicted octanol–water partition coefficient (Wildman–Crippen LogP) is 2.02. The van der Waals surface area contributed by atoms with Crippen LogP contribution in [0.2, 0.25) is 0 Å². The number of amides is 1. The molecule has 0 atom stereocenters. The van der Waals surface area contributed by atoms with Crippen molar-refractivity contribution in [1.82, 2.24) is 4.90 Å². The number of carbonyl (C=O) groups excluding carboxylic acids is 2. The summed E-state index contributed by atoms with van der Waals surface area (Å²) in [5, 5.41) is 8.45. The lowest BCUT2D eigenvalue weighted by Crippen LogP contribution is -2.27. The van der Waals surface area contributed by atoms with Crippen LogP contribution in [0.5, 0.6) is 0 Å². The lowest BCUT2D eigenvalue weighted by molar-refractivity contribution is 0.0792. The number of hydrogen-bond donors (Lipinski definition) is 0. The molecule has 0 bridgehead atoms. The number of hydrogen-bond acceptors (Lipinski definition) is 3. The van der Waals surface area contributed by atoms with Crippen LogP contribution in [0.25, 0.3) is 0 Å². The van der Waals surface area contributed by atoms with Crippen LogP contribution in [0.1, 0.15) is 40.0 Å². The van der Waals surface area contributed by atoms with E-state index in [9.17, 15) is 9.59 Å². The van der Waals surface area contributed by atoms with E-state index in [1.807, 2.05) is 11.0 Å². The first-order chi connectivity index (χ1) is 8.72. The molecule has 18 heavy (non-hydrogen) atoms. The molecule has 1 aliphatic heterocycles. The predicted molar refractivity (Wildman–Crippen MR) is 66.1 cm³/mol. The normalized spacial score (nSPS) is 14.3. The molecule has 0 saturated carbocycles. The molecule has 0 radical (unpaired) electrons. The SMILES string of the molecule is N#CCC(=O)c1ccc(C(=O)N2CCCC2)cc1. The third-order valence-electron chi connectivity index (χ3n) is 3.09. The van der Waals surface area contributed by atoms with Gasteiger partial charge in [0, 0.05) is 24.2 Å². The molecule has 0 spiro atoms. The molecule has 1 fully saturated rings. The van der Waals surface area contributed by atoms with Gasteiger partial charge in [0.15, 0.2) is 5.78 Å². The van der Waals surface area contributed by atoms with Gasteiger partial charge in [0.25, 0.3) is 5.91 Å². The summed E-state index contributed by atoms with van der Waals surface area (Å²) in [5.74, 6) is -0.190. The molecule has 4 heteroatoms. The Hall–Kier alpha value is -2.15. The molecule has 1 aromatic carbocycles. The van der Waals surface area contributed by atoms with E-state index in [1.165, 1.54) is 0 Å². The van der Waals surface area contributed by atoms with Gasteiger partial charge in [-0.3, -0.25) is 9.59 Å². The Labute approximate surface area is 106 Å². The minimum absolute atomic E-state index is 0.0202. The van der Waals surface area contributed by atoms with E-state index in [2.05, 4.69) is 0 Å². The van der Waals surface area contributed by atoms with Crippen molar-refractivity contribution < 1.29 is 9.59 Å². The monoisotopic (exact) mass is 242 g/mol. The van der Waals surface area contributed by atoms with Crippen molar-refractivity contribution in [3.63, 3.8) is 0 Å². The van der Waals surface area contributed by atoms with Gasteiger partial charge in [-0.05, 0) is 25.0 Å². The van der Waals surface area contributed by atoms with Gasteiger partial charge >= 0.3 is 0 Å². The molecule has 2 rings (SSSR count). The molecule has 0 aromatic heterocycles. The van der Waals surface area contributed by atoms with Gasteiger partial charge < -0.3 is 4.90 Å². The number of rotatable bonds is 3. The molecule has 4 nitrogen and oxygen atoms in total. The average Bonchev–Trinajstić information content (AvgIpc) is 2.92. The Kier molecular flexibility index (Phi) is 3.73. The van der Waals surface area contributed by atoms with Gasteiger partial charge in [-0.1, -0.05) is 12.1 Å². The molecular formula is C14H14N2O2. The number of Topliss-reactive ketones (excluding diaryl/α,β-unsaturated/α-hetero) is 1. The molecule has 1 aliphatic rings. The van der Waals surface area contributed by atoms with Crippen molar-refractivity contribution in [1.29, 1.82) is 5.26 Å². The molecule has 1 heterocycles. The summed E-state index contributed by atoms with van der Waals surface area (Å²) in [6.07, 6.45) is 1.99. The fraction of sp³-hybridized carbons (Fsp3) is 0.357. The van der Waals surface area contributed by atoms with Crippen LogP contribution in [0.3, 0.4) is 0 Å². The lowest BCUT2D eigenvalue weighted by Gasteiger charge is -2.15. The van der Waals surface area contributed by atoms with Gasteiger partial charge in [-0.15, -0.1) is 0 Å². The van der Waals surface area contributed by atoms with Gasteiger partial charge in [-0.25, -0.2) is 0 Å². The van der Waals surface area contributed by atoms with Crippen LogP contribution in [0.15, 0.2) is 24.3 Å². The van der Waals surface area contributed by atoms with Crippen LogP contribution >= 0.6 is 0 Å². The van der Waals surface area contributed by atoms with Gasteiger partial charge in [0.05, 0.1) is 12.5 Å². The van der Waals surface area contributed by atoms with Crippen molar-refractivity contribution in [2.24, 2.45) is 0 Å². The number of benzene rings is 1. The largest absolute Gasteiger partial charge is 0.339 e. The molecule has 0 N–H and O–H groups in total. The first-order valence-electron chi connectivity index (χ1n) is 6.02. The second-order valence-corrected chi connectivity index (χ2v) is 4.33. The highest BCUT2D eigenvalue weighted by Gasteiger charge is 2.19. The highest BCUT2D eigenvalue weighted by atomic mass is 16.2. The standard InChI is InChI=1S/C14H14N2O2/c15-8-7-13(17)11-3-5-12(6-4-11)14(18)16-9-1-2-10-16/h3-6H,1-2,7,9-10H2. The Bertz CT molecular complexity index is 494. The van der Waals surface area contributed by atoms with Gasteiger partial charge in [0.2, 0.25) is 0 Å². The minimum atomic E-state index is -0.210. The number of likely N-dealkylation sites (tertiary alicyclic amines) is 1. The zero-order chi connectivity index (χ0) is 13.0. The van der Waals surface area contributed by atoms with E-state index >= 15 is 0 Å². The smallest absolute Gasteiger partial charge is 0.253 e. The molecule has 1 aromatic rings. The van der Waals surface area contributed by atoms with E-state index in [-0.39, 0.29) is 18.1 Å². The molecule has 1 saturated heterocycles. The van der Waals surface area contributed by atoms with Crippen molar-refractivity contribution >= 4 is 11.7 Å². The van der Waals surface area contributed by atoms with Gasteiger partial charge in [0.1, 0.15) is 0 Å². The maximum atomic E-state index is 12.0. The molecule has 1 amide bonds. The van der Waals surface area contributed by atoms with Crippen LogP contribution < -0.4 is 0 Å². The quantitative estimate of drug-likeness (QED) is 0.762. The molecule has 0 aliphatic carbocycles. The van der Waals surface area contributed by atoms with Crippen molar-refractivity contribution in [3.8, 4) is 6.07 Å². The highest BCUT2D eigenvalue weighted by molar-refractivity contribution is 5.99. The average molecular weight is 242 g/mol.